The van der Waals surface area contributed by atoms with E-state index >= 15 is 0 Å². The maximum Gasteiger partial charge on any atom is 0.287 e. The molecule has 1 fully saturated rings. The lowest BCUT2D eigenvalue weighted by molar-refractivity contribution is -0.142. The van der Waals surface area contributed by atoms with Gasteiger partial charge in [0.05, 0.1) is 36.5 Å². The van der Waals surface area contributed by atoms with Gasteiger partial charge in [0.15, 0.2) is 0 Å². The standard InChI is InChI=1S/C20H20F2N4O3/c1-20(21,22)11-25-18(28)17(27)16-10-26(14-8-23-12-24-9-14)19(29)15(16)7-13-5-3-2-4-6-13/h2-6,8-9,12,15-16H,7,10-11H2,1H3,(H,25,28)/t15-,16+/m0/s1. The Bertz CT molecular complexity index is 888. The van der Waals surface area contributed by atoms with Crippen LogP contribution < -0.4 is 10.2 Å². The lowest BCUT2D eigenvalue weighted by atomic mass is 9.86. The minimum atomic E-state index is -3.14. The molecule has 0 aliphatic carbocycles. The zero-order valence-electron chi connectivity index (χ0n) is 15.7. The van der Waals surface area contributed by atoms with Crippen molar-refractivity contribution in [3.8, 4) is 0 Å². The van der Waals surface area contributed by atoms with Crippen LogP contribution in [0.3, 0.4) is 0 Å². The van der Waals surface area contributed by atoms with Gasteiger partial charge in [0.2, 0.25) is 11.7 Å². The first kappa shape index (κ1) is 20.5. The highest BCUT2D eigenvalue weighted by Gasteiger charge is 2.46. The molecule has 29 heavy (non-hydrogen) atoms. The van der Waals surface area contributed by atoms with Gasteiger partial charge in [0.1, 0.15) is 6.33 Å². The molecule has 1 aromatic carbocycles. The van der Waals surface area contributed by atoms with Crippen LogP contribution in [0.1, 0.15) is 12.5 Å². The number of anilines is 1. The quantitative estimate of drug-likeness (QED) is 0.711. The van der Waals surface area contributed by atoms with Crippen LogP contribution in [0.25, 0.3) is 0 Å². The van der Waals surface area contributed by atoms with Gasteiger partial charge in [0, 0.05) is 13.5 Å². The molecule has 1 aromatic heterocycles. The summed E-state index contributed by atoms with van der Waals surface area (Å²) in [4.78, 5) is 47.0. The van der Waals surface area contributed by atoms with E-state index in [1.54, 1.807) is 0 Å². The third-order valence-electron chi connectivity index (χ3n) is 4.73. The Morgan fingerprint density at radius 2 is 1.86 bits per heavy atom. The zero-order valence-corrected chi connectivity index (χ0v) is 15.7. The third kappa shape index (κ3) is 4.98. The van der Waals surface area contributed by atoms with Crippen molar-refractivity contribution >= 4 is 23.3 Å². The van der Waals surface area contributed by atoms with E-state index in [4.69, 9.17) is 0 Å². The van der Waals surface area contributed by atoms with Crippen LogP contribution in [0.4, 0.5) is 14.5 Å². The molecule has 2 aromatic rings. The first-order chi connectivity index (χ1) is 13.8. The maximum absolute atomic E-state index is 13.0. The lowest BCUT2D eigenvalue weighted by Gasteiger charge is -2.16. The number of halogens is 2. The highest BCUT2D eigenvalue weighted by atomic mass is 19.3. The molecular weight excluding hydrogens is 382 g/mol. The van der Waals surface area contributed by atoms with Crippen molar-refractivity contribution in [3.63, 3.8) is 0 Å². The number of alkyl halides is 2. The van der Waals surface area contributed by atoms with Crippen LogP contribution in [-0.2, 0) is 20.8 Å². The first-order valence-electron chi connectivity index (χ1n) is 9.06. The van der Waals surface area contributed by atoms with E-state index < -0.39 is 36.0 Å². The Kier molecular flexibility index (Phi) is 5.95. The molecule has 0 radical (unpaired) electrons. The Morgan fingerprint density at radius 1 is 1.21 bits per heavy atom. The summed E-state index contributed by atoms with van der Waals surface area (Å²) < 4.78 is 26.1. The fourth-order valence-electron chi connectivity index (χ4n) is 3.30. The fraction of sp³-hybridized carbons (Fsp3) is 0.350. The first-order valence-corrected chi connectivity index (χ1v) is 9.06. The normalized spacial score (nSPS) is 19.3. The third-order valence-corrected chi connectivity index (χ3v) is 4.73. The number of hydrogen-bond acceptors (Lipinski definition) is 5. The number of hydrogen-bond donors (Lipinski definition) is 1. The summed E-state index contributed by atoms with van der Waals surface area (Å²) in [5, 5.41) is 1.96. The van der Waals surface area contributed by atoms with Gasteiger partial charge in [-0.05, 0) is 12.0 Å². The monoisotopic (exact) mass is 402 g/mol. The summed E-state index contributed by atoms with van der Waals surface area (Å²) in [5.74, 6) is -7.24. The second-order valence-corrected chi connectivity index (χ2v) is 7.07. The van der Waals surface area contributed by atoms with E-state index in [1.807, 2.05) is 35.6 Å². The SMILES string of the molecule is CC(F)(F)CNC(=O)C(=O)[C@@H]1CN(c2cncnc2)C(=O)[C@H]1Cc1ccccc1. The van der Waals surface area contributed by atoms with Gasteiger partial charge >= 0.3 is 0 Å². The van der Waals surface area contributed by atoms with E-state index in [-0.39, 0.29) is 18.9 Å². The van der Waals surface area contributed by atoms with Crippen molar-refractivity contribution in [1.82, 2.24) is 15.3 Å². The molecular formula is C20H20F2N4O3. The highest BCUT2D eigenvalue weighted by molar-refractivity contribution is 6.38. The van der Waals surface area contributed by atoms with Gasteiger partial charge in [-0.2, -0.15) is 0 Å². The largest absolute Gasteiger partial charge is 0.343 e. The highest BCUT2D eigenvalue weighted by Crippen LogP contribution is 2.32. The Labute approximate surface area is 166 Å². The predicted molar refractivity (Wildman–Crippen MR) is 100 cm³/mol. The van der Waals surface area contributed by atoms with Crippen molar-refractivity contribution in [1.29, 1.82) is 0 Å². The van der Waals surface area contributed by atoms with E-state index in [9.17, 15) is 23.2 Å². The molecule has 0 unspecified atom stereocenters. The van der Waals surface area contributed by atoms with Gasteiger partial charge in [-0.15, -0.1) is 0 Å². The molecule has 1 N–H and O–H groups in total. The molecule has 9 heteroatoms. The molecule has 152 valence electrons. The van der Waals surface area contributed by atoms with Crippen molar-refractivity contribution in [2.75, 3.05) is 18.0 Å². The average molecular weight is 402 g/mol. The molecule has 1 aliphatic heterocycles. The molecule has 1 aliphatic rings. The minimum absolute atomic E-state index is 0.0432. The van der Waals surface area contributed by atoms with Crippen LogP contribution in [0, 0.1) is 11.8 Å². The number of nitrogens with one attached hydrogen (secondary N) is 1. The molecule has 0 bridgehead atoms. The number of carbonyl (C=O) groups excluding carboxylic acids is 3. The maximum atomic E-state index is 13.0. The van der Waals surface area contributed by atoms with Crippen LogP contribution >= 0.6 is 0 Å². The molecule has 3 rings (SSSR count). The molecule has 0 saturated carbocycles. The lowest BCUT2D eigenvalue weighted by Crippen LogP contribution is -2.42. The van der Waals surface area contributed by atoms with Crippen molar-refractivity contribution in [2.45, 2.75) is 19.3 Å². The Hall–Kier alpha value is -3.23. The molecule has 2 heterocycles. The van der Waals surface area contributed by atoms with Gasteiger partial charge in [0.25, 0.3) is 11.8 Å². The topological polar surface area (TPSA) is 92.3 Å². The molecule has 0 spiro atoms. The summed E-state index contributed by atoms with van der Waals surface area (Å²) >= 11 is 0. The second-order valence-electron chi connectivity index (χ2n) is 7.07. The number of amides is 2. The minimum Gasteiger partial charge on any atom is -0.343 e. The van der Waals surface area contributed by atoms with Gasteiger partial charge in [-0.25, -0.2) is 18.7 Å². The van der Waals surface area contributed by atoms with E-state index in [0.29, 0.717) is 12.6 Å². The van der Waals surface area contributed by atoms with Crippen molar-refractivity contribution < 1.29 is 23.2 Å². The average Bonchev–Trinajstić information content (AvgIpc) is 3.03. The summed E-state index contributed by atoms with van der Waals surface area (Å²) in [6.45, 7) is -0.345. The Morgan fingerprint density at radius 3 is 2.48 bits per heavy atom. The van der Waals surface area contributed by atoms with E-state index in [2.05, 4.69) is 9.97 Å². The van der Waals surface area contributed by atoms with Gasteiger partial charge < -0.3 is 10.2 Å². The number of carbonyl (C=O) groups is 3. The number of aromatic nitrogens is 2. The van der Waals surface area contributed by atoms with Gasteiger partial charge in [-0.1, -0.05) is 30.3 Å². The van der Waals surface area contributed by atoms with Crippen molar-refractivity contribution in [3.05, 3.63) is 54.6 Å². The van der Waals surface area contributed by atoms with E-state index in [0.717, 1.165) is 5.56 Å². The smallest absolute Gasteiger partial charge is 0.287 e. The van der Waals surface area contributed by atoms with Crippen LogP contribution in [0.2, 0.25) is 0 Å². The molecule has 2 atom stereocenters. The summed E-state index contributed by atoms with van der Waals surface area (Å²) in [6, 6.07) is 9.09. The molecule has 7 nitrogen and oxygen atoms in total. The Balaban J connectivity index is 1.84. The summed E-state index contributed by atoms with van der Waals surface area (Å²) in [6.07, 6.45) is 4.44. The van der Waals surface area contributed by atoms with Crippen molar-refractivity contribution in [2.24, 2.45) is 11.8 Å². The predicted octanol–water partition coefficient (Wildman–Crippen LogP) is 1.64. The summed E-state index contributed by atoms with van der Waals surface area (Å²) in [5.41, 5.74) is 1.24. The number of Topliss-reactive ketones (excluding diaryl/α,β-unsaturated/α-hetero) is 1. The summed E-state index contributed by atoms with van der Waals surface area (Å²) in [7, 11) is 0. The van der Waals surface area contributed by atoms with Crippen LogP contribution in [0.5, 0.6) is 0 Å². The molecule has 2 amide bonds. The fourth-order valence-corrected chi connectivity index (χ4v) is 3.30. The zero-order chi connectivity index (χ0) is 21.0. The second kappa shape index (κ2) is 8.42. The molecule has 1 saturated heterocycles. The number of nitrogens with zero attached hydrogens (tertiary/aromatic N) is 3. The van der Waals surface area contributed by atoms with Gasteiger partial charge in [-0.3, -0.25) is 14.4 Å². The number of benzene rings is 1. The van der Waals surface area contributed by atoms with E-state index in [1.165, 1.54) is 23.6 Å². The van der Waals surface area contributed by atoms with Crippen LogP contribution in [0.15, 0.2) is 49.1 Å². The number of ketones is 1. The number of rotatable bonds is 7. The van der Waals surface area contributed by atoms with Crippen LogP contribution in [-0.4, -0.2) is 46.6 Å².